The van der Waals surface area contributed by atoms with Crippen molar-refractivity contribution < 1.29 is 23.9 Å². The molecule has 1 aliphatic rings. The Labute approximate surface area is 169 Å². The standard InChI is InChI=1S/C19H27N5O5/c1-12(21-18(28)29-19(2,3)4)10-24(11-13-7-5-6-8-20-13)16(26)14-9-15(25)23-17(27)22-14/h5-8,12,14H,9-11H2,1-4H3,(H,21,28)(H2,22,23,25,27)/t12-,14+/m1/s1. The number of hydrogen-bond acceptors (Lipinski definition) is 6. The molecule has 1 saturated heterocycles. The van der Waals surface area contributed by atoms with Crippen molar-refractivity contribution in [2.75, 3.05) is 6.54 Å². The maximum atomic E-state index is 13.0. The molecule has 0 aromatic carbocycles. The Morgan fingerprint density at radius 2 is 2.07 bits per heavy atom. The number of imide groups is 1. The lowest BCUT2D eigenvalue weighted by Crippen LogP contribution is -2.59. The van der Waals surface area contributed by atoms with Crippen molar-refractivity contribution in [3.63, 3.8) is 0 Å². The maximum Gasteiger partial charge on any atom is 0.407 e. The minimum absolute atomic E-state index is 0.142. The van der Waals surface area contributed by atoms with Crippen LogP contribution in [-0.2, 0) is 20.9 Å². The van der Waals surface area contributed by atoms with E-state index in [-0.39, 0.29) is 19.5 Å². The van der Waals surface area contributed by atoms with Gasteiger partial charge in [0.2, 0.25) is 11.8 Å². The van der Waals surface area contributed by atoms with Crippen molar-refractivity contribution in [1.29, 1.82) is 0 Å². The predicted molar refractivity (Wildman–Crippen MR) is 104 cm³/mol. The van der Waals surface area contributed by atoms with Gasteiger partial charge in [-0.1, -0.05) is 6.07 Å². The quantitative estimate of drug-likeness (QED) is 0.645. The van der Waals surface area contributed by atoms with Crippen molar-refractivity contribution in [2.45, 2.75) is 58.3 Å². The smallest absolute Gasteiger partial charge is 0.407 e. The Bertz CT molecular complexity index is 746. The zero-order valence-electron chi connectivity index (χ0n) is 17.0. The van der Waals surface area contributed by atoms with E-state index in [0.29, 0.717) is 5.69 Å². The van der Waals surface area contributed by atoms with Crippen LogP contribution in [0.2, 0.25) is 0 Å². The van der Waals surface area contributed by atoms with Crippen LogP contribution >= 0.6 is 0 Å². The van der Waals surface area contributed by atoms with Crippen molar-refractivity contribution in [3.8, 4) is 0 Å². The molecule has 2 atom stereocenters. The highest BCUT2D eigenvalue weighted by atomic mass is 16.6. The molecule has 0 saturated carbocycles. The van der Waals surface area contributed by atoms with Gasteiger partial charge in [-0.3, -0.25) is 19.9 Å². The van der Waals surface area contributed by atoms with Crippen LogP contribution in [0.15, 0.2) is 24.4 Å². The van der Waals surface area contributed by atoms with E-state index in [1.165, 1.54) is 4.90 Å². The Balaban J connectivity index is 2.10. The van der Waals surface area contributed by atoms with Gasteiger partial charge in [0, 0.05) is 18.8 Å². The number of rotatable bonds is 6. The first-order chi connectivity index (χ1) is 13.5. The number of carbonyl (C=O) groups is 4. The SMILES string of the molecule is C[C@H](CN(Cc1ccccn1)C(=O)[C@@H]1CC(=O)NC(=O)N1)NC(=O)OC(C)(C)C. The summed E-state index contributed by atoms with van der Waals surface area (Å²) in [6, 6.07) is 3.19. The van der Waals surface area contributed by atoms with Gasteiger partial charge in [-0.25, -0.2) is 9.59 Å². The number of ether oxygens (including phenoxy) is 1. The molecule has 1 aliphatic heterocycles. The van der Waals surface area contributed by atoms with E-state index in [9.17, 15) is 19.2 Å². The van der Waals surface area contributed by atoms with Gasteiger partial charge in [-0.2, -0.15) is 0 Å². The zero-order valence-corrected chi connectivity index (χ0v) is 17.0. The van der Waals surface area contributed by atoms with E-state index in [1.807, 2.05) is 0 Å². The number of urea groups is 1. The van der Waals surface area contributed by atoms with Crippen molar-refractivity contribution in [2.24, 2.45) is 0 Å². The van der Waals surface area contributed by atoms with Crippen LogP contribution in [0.5, 0.6) is 0 Å². The second-order valence-corrected chi connectivity index (χ2v) is 7.87. The summed E-state index contributed by atoms with van der Waals surface area (Å²) in [4.78, 5) is 53.9. The molecule has 2 rings (SSSR count). The highest BCUT2D eigenvalue weighted by molar-refractivity contribution is 6.02. The lowest BCUT2D eigenvalue weighted by atomic mass is 10.1. The maximum absolute atomic E-state index is 13.0. The number of nitrogens with one attached hydrogen (secondary N) is 3. The van der Waals surface area contributed by atoms with Crippen LogP contribution in [0.4, 0.5) is 9.59 Å². The molecule has 0 aliphatic carbocycles. The van der Waals surface area contributed by atoms with Crippen molar-refractivity contribution >= 4 is 23.9 Å². The minimum Gasteiger partial charge on any atom is -0.444 e. The number of pyridine rings is 1. The Kier molecular flexibility index (Phi) is 7.13. The molecule has 2 heterocycles. The molecule has 0 spiro atoms. The van der Waals surface area contributed by atoms with Crippen LogP contribution in [0, 0.1) is 0 Å². The monoisotopic (exact) mass is 405 g/mol. The van der Waals surface area contributed by atoms with E-state index >= 15 is 0 Å². The van der Waals surface area contributed by atoms with E-state index in [4.69, 9.17) is 4.74 Å². The van der Waals surface area contributed by atoms with E-state index < -0.39 is 41.6 Å². The molecule has 0 radical (unpaired) electrons. The molecule has 29 heavy (non-hydrogen) atoms. The molecule has 0 unspecified atom stereocenters. The van der Waals surface area contributed by atoms with Crippen LogP contribution < -0.4 is 16.0 Å². The molecular weight excluding hydrogens is 378 g/mol. The highest BCUT2D eigenvalue weighted by Crippen LogP contribution is 2.10. The number of alkyl carbamates (subject to hydrolysis) is 1. The van der Waals surface area contributed by atoms with Gasteiger partial charge in [-0.15, -0.1) is 0 Å². The average molecular weight is 405 g/mol. The van der Waals surface area contributed by atoms with Crippen molar-refractivity contribution in [1.82, 2.24) is 25.8 Å². The third-order valence-corrected chi connectivity index (χ3v) is 3.89. The average Bonchev–Trinajstić information content (AvgIpc) is 2.58. The van der Waals surface area contributed by atoms with Gasteiger partial charge in [0.05, 0.1) is 18.7 Å². The Hall–Kier alpha value is -3.17. The number of nitrogens with zero attached hydrogens (tertiary/aromatic N) is 2. The van der Waals surface area contributed by atoms with Gasteiger partial charge >= 0.3 is 12.1 Å². The highest BCUT2D eigenvalue weighted by Gasteiger charge is 2.33. The molecule has 158 valence electrons. The first-order valence-corrected chi connectivity index (χ1v) is 9.32. The Morgan fingerprint density at radius 3 is 2.66 bits per heavy atom. The third kappa shape index (κ3) is 7.40. The normalized spacial score (nSPS) is 17.6. The summed E-state index contributed by atoms with van der Waals surface area (Å²) >= 11 is 0. The fourth-order valence-corrected chi connectivity index (χ4v) is 2.78. The molecule has 0 bridgehead atoms. The summed E-state index contributed by atoms with van der Waals surface area (Å²) in [6.45, 7) is 7.30. The summed E-state index contributed by atoms with van der Waals surface area (Å²) in [5.74, 6) is -0.957. The largest absolute Gasteiger partial charge is 0.444 e. The van der Waals surface area contributed by atoms with Crippen molar-refractivity contribution in [3.05, 3.63) is 30.1 Å². The first kappa shape index (κ1) is 22.1. The lowest BCUT2D eigenvalue weighted by molar-refractivity contribution is -0.137. The molecule has 3 N–H and O–H groups in total. The molecule has 5 amide bonds. The van der Waals surface area contributed by atoms with Gasteiger partial charge in [0.1, 0.15) is 11.6 Å². The number of hydrogen-bond donors (Lipinski definition) is 3. The fraction of sp³-hybridized carbons (Fsp3) is 0.526. The number of carbonyl (C=O) groups excluding carboxylic acids is 4. The molecular formula is C19H27N5O5. The first-order valence-electron chi connectivity index (χ1n) is 9.32. The Morgan fingerprint density at radius 1 is 1.34 bits per heavy atom. The molecule has 1 aromatic heterocycles. The molecule has 10 heteroatoms. The second kappa shape index (κ2) is 9.35. The summed E-state index contributed by atoms with van der Waals surface area (Å²) in [7, 11) is 0. The van der Waals surface area contributed by atoms with E-state index in [2.05, 4.69) is 20.9 Å². The van der Waals surface area contributed by atoms with Crippen LogP contribution in [0.1, 0.15) is 39.8 Å². The molecule has 1 fully saturated rings. The van der Waals surface area contributed by atoms with Gasteiger partial charge < -0.3 is 20.3 Å². The summed E-state index contributed by atoms with van der Waals surface area (Å²) in [5, 5.41) is 7.25. The topological polar surface area (TPSA) is 130 Å². The molecule has 1 aromatic rings. The summed E-state index contributed by atoms with van der Waals surface area (Å²) < 4.78 is 5.24. The predicted octanol–water partition coefficient (Wildman–Crippen LogP) is 0.922. The third-order valence-electron chi connectivity index (χ3n) is 3.89. The summed E-state index contributed by atoms with van der Waals surface area (Å²) in [5.41, 5.74) is -0.00980. The number of amides is 5. The fourth-order valence-electron chi connectivity index (χ4n) is 2.78. The zero-order chi connectivity index (χ0) is 21.6. The van der Waals surface area contributed by atoms with E-state index in [1.54, 1.807) is 52.1 Å². The molecule has 10 nitrogen and oxygen atoms in total. The van der Waals surface area contributed by atoms with Gasteiger partial charge in [-0.05, 0) is 39.8 Å². The van der Waals surface area contributed by atoms with Crippen LogP contribution in [-0.4, -0.2) is 58.1 Å². The summed E-state index contributed by atoms with van der Waals surface area (Å²) in [6.07, 6.45) is 0.855. The van der Waals surface area contributed by atoms with E-state index in [0.717, 1.165) is 0 Å². The second-order valence-electron chi connectivity index (χ2n) is 7.87. The number of aromatic nitrogens is 1. The van der Waals surface area contributed by atoms with Crippen LogP contribution in [0.25, 0.3) is 0 Å². The lowest BCUT2D eigenvalue weighted by Gasteiger charge is -2.31. The van der Waals surface area contributed by atoms with Gasteiger partial charge in [0.15, 0.2) is 0 Å². The minimum atomic E-state index is -0.978. The van der Waals surface area contributed by atoms with Crippen LogP contribution in [0.3, 0.4) is 0 Å². The van der Waals surface area contributed by atoms with Gasteiger partial charge in [0.25, 0.3) is 0 Å².